The van der Waals surface area contributed by atoms with Gasteiger partial charge in [-0.15, -0.1) is 0 Å². The Morgan fingerprint density at radius 2 is 0.514 bits per heavy atom. The van der Waals surface area contributed by atoms with Gasteiger partial charge in [0.25, 0.3) is 0 Å². The van der Waals surface area contributed by atoms with E-state index in [0.29, 0.717) is 0 Å². The molecule has 12 aromatic rings. The van der Waals surface area contributed by atoms with Crippen molar-refractivity contribution in [3.05, 3.63) is 247 Å². The van der Waals surface area contributed by atoms with E-state index in [4.69, 9.17) is 4.74 Å². The largest absolute Gasteiger partial charge is 0.497 e. The summed E-state index contributed by atoms with van der Waals surface area (Å²) in [5.74, 6) is 0.863. The van der Waals surface area contributed by atoms with Gasteiger partial charge in [-0.1, -0.05) is 222 Å². The van der Waals surface area contributed by atoms with E-state index >= 15 is 0 Å². The normalized spacial score (nSPS) is 13.8. The van der Waals surface area contributed by atoms with Crippen molar-refractivity contribution in [3.63, 3.8) is 0 Å². The van der Waals surface area contributed by atoms with Gasteiger partial charge in [0.05, 0.1) is 7.11 Å². The third-order valence-electron chi connectivity index (χ3n) is 16.6. The molecule has 72 heavy (non-hydrogen) atoms. The van der Waals surface area contributed by atoms with Crippen LogP contribution in [0.1, 0.15) is 49.9 Å². The third-order valence-corrected chi connectivity index (χ3v) is 16.6. The minimum atomic E-state index is -0.242. The molecule has 0 amide bonds. The second-order valence-corrected chi connectivity index (χ2v) is 21.1. The molecule has 1 heteroatoms. The smallest absolute Gasteiger partial charge is 0.118 e. The molecule has 0 saturated carbocycles. The Morgan fingerprint density at radius 3 is 0.875 bits per heavy atom. The maximum Gasteiger partial charge on any atom is 0.118 e. The van der Waals surface area contributed by atoms with Crippen LogP contribution in [-0.2, 0) is 10.8 Å². The Bertz CT molecular complexity index is 4110. The molecule has 342 valence electrons. The van der Waals surface area contributed by atoms with Gasteiger partial charge in [0.1, 0.15) is 5.75 Å². The predicted octanol–water partition coefficient (Wildman–Crippen LogP) is 19.3. The van der Waals surface area contributed by atoms with E-state index in [2.05, 4.69) is 240 Å². The lowest BCUT2D eigenvalue weighted by molar-refractivity contribution is 0.415. The van der Waals surface area contributed by atoms with E-state index in [-0.39, 0.29) is 10.8 Å². The number of methoxy groups -OCH3 is 1. The highest BCUT2D eigenvalue weighted by molar-refractivity contribution is 6.23. The fourth-order valence-electron chi connectivity index (χ4n) is 13.0. The zero-order valence-electron chi connectivity index (χ0n) is 41.3. The van der Waals surface area contributed by atoms with Gasteiger partial charge in [-0.25, -0.2) is 0 Å². The van der Waals surface area contributed by atoms with E-state index in [1.54, 1.807) is 7.11 Å². The highest BCUT2D eigenvalue weighted by atomic mass is 16.5. The molecule has 0 radical (unpaired) electrons. The molecular formula is C71H52O. The Kier molecular flexibility index (Phi) is 9.26. The number of rotatable bonds is 6. The molecule has 0 saturated heterocycles. The average Bonchev–Trinajstić information content (AvgIpc) is 3.79. The molecule has 2 aliphatic rings. The van der Waals surface area contributed by atoms with Crippen LogP contribution in [0, 0.1) is 0 Å². The second-order valence-electron chi connectivity index (χ2n) is 21.1. The number of ether oxygens (including phenoxy) is 1. The standard InChI is InChI=1S/C71H52O/c1-70(2)62-25-15-14-16-50(62)51-37-32-46(40-63(51)70)68-58-21-10-12-23-60(58)69(61-24-13-11-22-59(61)68)48-34-39-53-52-38-33-47(41-64(52)71(3,4)65(53)42-48)67-56-19-8-6-17-54(56)66(55-18-7-9-20-57(55)67)45-28-26-43(27-29-45)44-30-35-49(72-5)36-31-44/h6-42H,1-5H3. The zero-order valence-corrected chi connectivity index (χ0v) is 41.3. The van der Waals surface area contributed by atoms with Crippen LogP contribution in [-0.4, -0.2) is 7.11 Å². The first-order chi connectivity index (χ1) is 35.2. The summed E-state index contributed by atoms with van der Waals surface area (Å²) in [6.45, 7) is 9.60. The van der Waals surface area contributed by atoms with Crippen LogP contribution in [0.2, 0.25) is 0 Å². The first-order valence-electron chi connectivity index (χ1n) is 25.4. The van der Waals surface area contributed by atoms with Gasteiger partial charge in [0.2, 0.25) is 0 Å². The molecule has 0 aliphatic heterocycles. The molecule has 0 N–H and O–H groups in total. The third kappa shape index (κ3) is 6.13. The number of hydrogen-bond donors (Lipinski definition) is 0. The molecule has 0 bridgehead atoms. The molecular weight excluding hydrogens is 869 g/mol. The Balaban J connectivity index is 0.881. The summed E-state index contributed by atoms with van der Waals surface area (Å²) < 4.78 is 5.43. The van der Waals surface area contributed by atoms with Gasteiger partial charge in [-0.2, -0.15) is 0 Å². The summed E-state index contributed by atoms with van der Waals surface area (Å²) in [7, 11) is 1.71. The van der Waals surface area contributed by atoms with Crippen molar-refractivity contribution in [2.45, 2.75) is 38.5 Å². The van der Waals surface area contributed by atoms with E-state index in [1.165, 1.54) is 143 Å². The van der Waals surface area contributed by atoms with Crippen molar-refractivity contribution >= 4 is 43.1 Å². The average molecular weight is 921 g/mol. The Labute approximate surface area is 421 Å². The first kappa shape index (κ1) is 42.4. The number of benzene rings is 12. The predicted molar refractivity (Wildman–Crippen MR) is 305 cm³/mol. The summed E-state index contributed by atoms with van der Waals surface area (Å²) in [6, 6.07) is 84.2. The van der Waals surface area contributed by atoms with Crippen molar-refractivity contribution in [2.75, 3.05) is 7.11 Å². The van der Waals surface area contributed by atoms with Crippen molar-refractivity contribution < 1.29 is 4.74 Å². The maximum atomic E-state index is 5.43. The van der Waals surface area contributed by atoms with E-state index < -0.39 is 0 Å². The summed E-state index contributed by atoms with van der Waals surface area (Å²) in [4.78, 5) is 0. The minimum Gasteiger partial charge on any atom is -0.497 e. The monoisotopic (exact) mass is 920 g/mol. The van der Waals surface area contributed by atoms with Gasteiger partial charge in [0, 0.05) is 10.8 Å². The zero-order chi connectivity index (χ0) is 48.5. The van der Waals surface area contributed by atoms with E-state index in [0.717, 1.165) is 5.75 Å². The van der Waals surface area contributed by atoms with Crippen LogP contribution in [0.3, 0.4) is 0 Å². The number of fused-ring (bicyclic) bond motifs is 10. The van der Waals surface area contributed by atoms with E-state index in [1.807, 2.05) is 12.1 Å². The lowest BCUT2D eigenvalue weighted by Crippen LogP contribution is -2.15. The molecule has 0 atom stereocenters. The minimum absolute atomic E-state index is 0.0809. The lowest BCUT2D eigenvalue weighted by atomic mass is 9.79. The molecule has 0 fully saturated rings. The summed E-state index contributed by atoms with van der Waals surface area (Å²) in [6.07, 6.45) is 0. The summed E-state index contributed by atoms with van der Waals surface area (Å²) in [5, 5.41) is 10.2. The van der Waals surface area contributed by atoms with Gasteiger partial charge in [-0.05, 0) is 174 Å². The highest BCUT2D eigenvalue weighted by Crippen LogP contribution is 2.55. The van der Waals surface area contributed by atoms with E-state index in [9.17, 15) is 0 Å². The van der Waals surface area contributed by atoms with Crippen molar-refractivity contribution in [1.29, 1.82) is 0 Å². The fourth-order valence-corrected chi connectivity index (χ4v) is 13.0. The summed E-state index contributed by atoms with van der Waals surface area (Å²) in [5.41, 5.74) is 23.0. The van der Waals surface area contributed by atoms with Crippen LogP contribution < -0.4 is 4.74 Å². The van der Waals surface area contributed by atoms with Crippen LogP contribution in [0.25, 0.3) is 121 Å². The SMILES string of the molecule is COc1ccc(-c2ccc(-c3c4ccccc4c(-c4ccc5c(c4)C(C)(C)c4cc(-c6c7ccccc7c(-c7ccc8c(c7)C(C)(C)c7ccccc7-8)c7ccccc67)ccc4-5)c4ccccc34)cc2)cc1. The quantitative estimate of drug-likeness (QED) is 0.151. The maximum absolute atomic E-state index is 5.43. The van der Waals surface area contributed by atoms with Crippen LogP contribution >= 0.6 is 0 Å². The lowest BCUT2D eigenvalue weighted by Gasteiger charge is -2.24. The van der Waals surface area contributed by atoms with Gasteiger partial charge in [-0.3, -0.25) is 0 Å². The summed E-state index contributed by atoms with van der Waals surface area (Å²) >= 11 is 0. The Morgan fingerprint density at radius 1 is 0.250 bits per heavy atom. The molecule has 0 aromatic heterocycles. The molecule has 0 heterocycles. The number of hydrogen-bond acceptors (Lipinski definition) is 1. The molecule has 0 spiro atoms. The molecule has 1 nitrogen and oxygen atoms in total. The molecule has 0 unspecified atom stereocenters. The van der Waals surface area contributed by atoms with Gasteiger partial charge < -0.3 is 4.74 Å². The van der Waals surface area contributed by atoms with Crippen LogP contribution in [0.5, 0.6) is 5.75 Å². The van der Waals surface area contributed by atoms with Crippen LogP contribution in [0.15, 0.2) is 224 Å². The second kappa shape index (κ2) is 15.7. The van der Waals surface area contributed by atoms with Crippen molar-refractivity contribution in [3.8, 4) is 83.6 Å². The highest BCUT2D eigenvalue weighted by Gasteiger charge is 2.38. The molecule has 14 rings (SSSR count). The van der Waals surface area contributed by atoms with Crippen molar-refractivity contribution in [1.82, 2.24) is 0 Å². The molecule has 2 aliphatic carbocycles. The Hall–Kier alpha value is -8.52. The van der Waals surface area contributed by atoms with Gasteiger partial charge in [0.15, 0.2) is 0 Å². The van der Waals surface area contributed by atoms with Crippen LogP contribution in [0.4, 0.5) is 0 Å². The fraction of sp³-hybridized carbons (Fsp3) is 0.0986. The topological polar surface area (TPSA) is 9.23 Å². The molecule has 12 aromatic carbocycles. The van der Waals surface area contributed by atoms with Crippen molar-refractivity contribution in [2.24, 2.45) is 0 Å². The van der Waals surface area contributed by atoms with Gasteiger partial charge >= 0.3 is 0 Å². The first-order valence-corrected chi connectivity index (χ1v) is 25.4.